The molecule has 0 saturated heterocycles. The summed E-state index contributed by atoms with van der Waals surface area (Å²) in [5.41, 5.74) is 2.40. The van der Waals surface area contributed by atoms with Crippen LogP contribution in [0.15, 0.2) is 30.3 Å². The molecular weight excluding hydrogens is 326 g/mol. The first kappa shape index (κ1) is 18.5. The second-order valence-electron chi connectivity index (χ2n) is 7.56. The van der Waals surface area contributed by atoms with E-state index in [-0.39, 0.29) is 11.4 Å². The second kappa shape index (κ2) is 7.52. The van der Waals surface area contributed by atoms with Crippen molar-refractivity contribution in [2.24, 2.45) is 7.05 Å². The van der Waals surface area contributed by atoms with Gasteiger partial charge in [0.1, 0.15) is 11.4 Å². The van der Waals surface area contributed by atoms with Gasteiger partial charge in [-0.2, -0.15) is 5.10 Å². The number of hydrogen-bond acceptors (Lipinski definition) is 3. The molecule has 1 saturated carbocycles. The van der Waals surface area contributed by atoms with Crippen LogP contribution in [0.3, 0.4) is 0 Å². The number of ether oxygens (including phenoxy) is 1. The summed E-state index contributed by atoms with van der Waals surface area (Å²) >= 11 is 0. The van der Waals surface area contributed by atoms with Crippen molar-refractivity contribution in [1.29, 1.82) is 0 Å². The average Bonchev–Trinajstić information content (AvgIpc) is 3.05. The zero-order chi connectivity index (χ0) is 18.7. The van der Waals surface area contributed by atoms with Crippen LogP contribution >= 0.6 is 0 Å². The van der Waals surface area contributed by atoms with Crippen molar-refractivity contribution in [2.45, 2.75) is 57.4 Å². The zero-order valence-electron chi connectivity index (χ0n) is 16.2. The standard InChI is InChI=1S/C21H29N3O2/c1-15(2)18-14-19(24(3)23-18)20(25)22-21(12-6-5-7-13-21)16-8-10-17(26-4)11-9-16/h8-11,14-15H,5-7,12-13H2,1-4H3,(H,22,25). The van der Waals surface area contributed by atoms with Crippen LogP contribution < -0.4 is 10.1 Å². The van der Waals surface area contributed by atoms with Crippen molar-refractivity contribution in [3.05, 3.63) is 47.3 Å². The Morgan fingerprint density at radius 1 is 1.19 bits per heavy atom. The molecule has 0 unspecified atom stereocenters. The molecule has 1 aliphatic rings. The van der Waals surface area contributed by atoms with Crippen LogP contribution in [0.2, 0.25) is 0 Å². The summed E-state index contributed by atoms with van der Waals surface area (Å²) in [5, 5.41) is 7.84. The van der Waals surface area contributed by atoms with Gasteiger partial charge in [-0.1, -0.05) is 45.2 Å². The maximum absolute atomic E-state index is 13.1. The summed E-state index contributed by atoms with van der Waals surface area (Å²) < 4.78 is 6.97. The normalized spacial score (nSPS) is 16.5. The van der Waals surface area contributed by atoms with Crippen LogP contribution in [0.25, 0.3) is 0 Å². The van der Waals surface area contributed by atoms with Gasteiger partial charge in [-0.05, 0) is 42.5 Å². The average molecular weight is 355 g/mol. The molecule has 1 fully saturated rings. The van der Waals surface area contributed by atoms with Crippen molar-refractivity contribution in [2.75, 3.05) is 7.11 Å². The Morgan fingerprint density at radius 3 is 2.38 bits per heavy atom. The molecule has 0 aliphatic heterocycles. The van der Waals surface area contributed by atoms with Gasteiger partial charge in [0.25, 0.3) is 5.91 Å². The maximum Gasteiger partial charge on any atom is 0.270 e. The highest BCUT2D eigenvalue weighted by Crippen LogP contribution is 2.38. The molecule has 0 radical (unpaired) electrons. The van der Waals surface area contributed by atoms with E-state index in [4.69, 9.17) is 4.74 Å². The number of amides is 1. The third-order valence-electron chi connectivity index (χ3n) is 5.43. The Kier molecular flexibility index (Phi) is 5.35. The summed E-state index contributed by atoms with van der Waals surface area (Å²) in [6, 6.07) is 10.0. The highest BCUT2D eigenvalue weighted by molar-refractivity contribution is 5.93. The highest BCUT2D eigenvalue weighted by atomic mass is 16.5. The summed E-state index contributed by atoms with van der Waals surface area (Å²) in [6.45, 7) is 4.17. The van der Waals surface area contributed by atoms with E-state index in [1.807, 2.05) is 25.2 Å². The lowest BCUT2D eigenvalue weighted by Gasteiger charge is -2.38. The predicted octanol–water partition coefficient (Wildman–Crippen LogP) is 4.14. The lowest BCUT2D eigenvalue weighted by molar-refractivity contribution is 0.0856. The van der Waals surface area contributed by atoms with Crippen LogP contribution in [0.1, 0.15) is 73.6 Å². The molecule has 0 spiro atoms. The Morgan fingerprint density at radius 2 is 1.85 bits per heavy atom. The number of carbonyl (C=O) groups excluding carboxylic acids is 1. The summed E-state index contributed by atoms with van der Waals surface area (Å²) in [5.74, 6) is 1.08. The van der Waals surface area contributed by atoms with E-state index < -0.39 is 0 Å². The molecule has 5 nitrogen and oxygen atoms in total. The number of aryl methyl sites for hydroxylation is 1. The monoisotopic (exact) mass is 355 g/mol. The van der Waals surface area contributed by atoms with Crippen LogP contribution in [-0.4, -0.2) is 22.8 Å². The van der Waals surface area contributed by atoms with Gasteiger partial charge < -0.3 is 10.1 Å². The van der Waals surface area contributed by atoms with E-state index >= 15 is 0 Å². The molecular formula is C21H29N3O2. The fourth-order valence-electron chi connectivity index (χ4n) is 3.82. The molecule has 1 aliphatic carbocycles. The molecule has 140 valence electrons. The van der Waals surface area contributed by atoms with Gasteiger partial charge in [-0.25, -0.2) is 0 Å². The fourth-order valence-corrected chi connectivity index (χ4v) is 3.82. The van der Waals surface area contributed by atoms with Gasteiger partial charge in [0.05, 0.1) is 18.3 Å². The lowest BCUT2D eigenvalue weighted by atomic mass is 9.76. The molecule has 0 bridgehead atoms. The minimum atomic E-state index is -0.316. The van der Waals surface area contributed by atoms with Crippen LogP contribution in [-0.2, 0) is 12.6 Å². The molecule has 5 heteroatoms. The third-order valence-corrected chi connectivity index (χ3v) is 5.43. The van der Waals surface area contributed by atoms with Crippen LogP contribution in [0.5, 0.6) is 5.75 Å². The summed E-state index contributed by atoms with van der Waals surface area (Å²) in [7, 11) is 3.50. The summed E-state index contributed by atoms with van der Waals surface area (Å²) in [4.78, 5) is 13.1. The van der Waals surface area contributed by atoms with Crippen molar-refractivity contribution < 1.29 is 9.53 Å². The first-order valence-electron chi connectivity index (χ1n) is 9.46. The minimum Gasteiger partial charge on any atom is -0.497 e. The Bertz CT molecular complexity index is 756. The molecule has 1 aromatic heterocycles. The van der Waals surface area contributed by atoms with Crippen molar-refractivity contribution in [1.82, 2.24) is 15.1 Å². The largest absolute Gasteiger partial charge is 0.497 e. The number of nitrogens with one attached hydrogen (secondary N) is 1. The maximum atomic E-state index is 13.1. The van der Waals surface area contributed by atoms with Crippen molar-refractivity contribution in [3.63, 3.8) is 0 Å². The van der Waals surface area contributed by atoms with Crippen LogP contribution in [0.4, 0.5) is 0 Å². The Hall–Kier alpha value is -2.30. The first-order valence-corrected chi connectivity index (χ1v) is 9.46. The molecule has 1 amide bonds. The number of nitrogens with zero attached hydrogens (tertiary/aromatic N) is 2. The molecule has 1 N–H and O–H groups in total. The predicted molar refractivity (Wildman–Crippen MR) is 103 cm³/mol. The number of methoxy groups -OCH3 is 1. The van der Waals surface area contributed by atoms with Gasteiger partial charge in [0.15, 0.2) is 0 Å². The fraction of sp³-hybridized carbons (Fsp3) is 0.524. The number of benzene rings is 1. The molecule has 3 rings (SSSR count). The topological polar surface area (TPSA) is 56.1 Å². The molecule has 1 aromatic carbocycles. The van der Waals surface area contributed by atoms with E-state index in [0.29, 0.717) is 11.6 Å². The van der Waals surface area contributed by atoms with Gasteiger partial charge >= 0.3 is 0 Å². The third kappa shape index (κ3) is 3.62. The lowest BCUT2D eigenvalue weighted by Crippen LogP contribution is -2.47. The minimum absolute atomic E-state index is 0.0513. The number of rotatable bonds is 5. The number of hydrogen-bond donors (Lipinski definition) is 1. The van der Waals surface area contributed by atoms with Crippen molar-refractivity contribution in [3.8, 4) is 5.75 Å². The SMILES string of the molecule is COc1ccc(C2(NC(=O)c3cc(C(C)C)nn3C)CCCCC2)cc1. The molecule has 26 heavy (non-hydrogen) atoms. The van der Waals surface area contributed by atoms with Gasteiger partial charge in [0, 0.05) is 7.05 Å². The number of carbonyl (C=O) groups is 1. The Labute approximate surface area is 155 Å². The molecule has 2 aromatic rings. The number of aromatic nitrogens is 2. The highest BCUT2D eigenvalue weighted by Gasteiger charge is 2.36. The van der Waals surface area contributed by atoms with Gasteiger partial charge in [0.2, 0.25) is 0 Å². The van der Waals surface area contributed by atoms with E-state index in [1.165, 1.54) is 6.42 Å². The van der Waals surface area contributed by atoms with Crippen molar-refractivity contribution >= 4 is 5.91 Å². The smallest absolute Gasteiger partial charge is 0.270 e. The molecule has 0 atom stereocenters. The second-order valence-corrected chi connectivity index (χ2v) is 7.56. The summed E-state index contributed by atoms with van der Waals surface area (Å²) in [6.07, 6.45) is 5.38. The van der Waals surface area contributed by atoms with E-state index in [9.17, 15) is 4.79 Å². The molecule has 1 heterocycles. The van der Waals surface area contributed by atoms with E-state index in [1.54, 1.807) is 11.8 Å². The van der Waals surface area contributed by atoms with E-state index in [2.05, 4.69) is 36.4 Å². The van der Waals surface area contributed by atoms with E-state index in [0.717, 1.165) is 42.7 Å². The van der Waals surface area contributed by atoms with Crippen LogP contribution in [0, 0.1) is 0 Å². The van der Waals surface area contributed by atoms with Gasteiger partial charge in [-0.15, -0.1) is 0 Å². The quantitative estimate of drug-likeness (QED) is 0.877. The zero-order valence-corrected chi connectivity index (χ0v) is 16.2. The van der Waals surface area contributed by atoms with Gasteiger partial charge in [-0.3, -0.25) is 9.48 Å². The Balaban J connectivity index is 1.89. The first-order chi connectivity index (χ1) is 12.4.